The fraction of sp³-hybridized carbons (Fsp3) is 0.316. The molecule has 122 valence electrons. The van der Waals surface area contributed by atoms with Gasteiger partial charge in [-0.25, -0.2) is 4.79 Å². The van der Waals surface area contributed by atoms with Crippen molar-refractivity contribution in [2.45, 2.75) is 32.1 Å². The number of phenols is 1. The molecule has 0 heterocycles. The predicted octanol–water partition coefficient (Wildman–Crippen LogP) is 3.19. The first-order chi connectivity index (χ1) is 11.1. The number of aromatic hydroxyl groups is 1. The number of aliphatic hydroxyl groups excluding tert-OH is 1. The van der Waals surface area contributed by atoms with Gasteiger partial charge in [-0.1, -0.05) is 30.3 Å². The molecule has 0 aliphatic heterocycles. The second-order valence-electron chi connectivity index (χ2n) is 5.65. The summed E-state index contributed by atoms with van der Waals surface area (Å²) in [5, 5.41) is 27.3. The monoisotopic (exact) mass is 314 g/mol. The summed E-state index contributed by atoms with van der Waals surface area (Å²) >= 11 is 0. The molecule has 2 aromatic rings. The molecule has 0 aliphatic carbocycles. The van der Waals surface area contributed by atoms with Crippen LogP contribution in [-0.2, 0) is 19.3 Å². The van der Waals surface area contributed by atoms with Gasteiger partial charge < -0.3 is 15.3 Å². The average Bonchev–Trinajstić information content (AvgIpc) is 2.55. The summed E-state index contributed by atoms with van der Waals surface area (Å²) in [4.78, 5) is 11.0. The maximum Gasteiger partial charge on any atom is 0.339 e. The van der Waals surface area contributed by atoms with Crippen LogP contribution < -0.4 is 0 Å². The lowest BCUT2D eigenvalue weighted by atomic mass is 10.00. The number of aliphatic hydroxyl groups is 1. The van der Waals surface area contributed by atoms with Gasteiger partial charge in [-0.15, -0.1) is 0 Å². The van der Waals surface area contributed by atoms with E-state index in [0.717, 1.165) is 37.7 Å². The van der Waals surface area contributed by atoms with Crippen molar-refractivity contribution in [2.24, 2.45) is 0 Å². The molecule has 2 rings (SSSR count). The Hall–Kier alpha value is -2.33. The highest BCUT2D eigenvalue weighted by Crippen LogP contribution is 2.19. The molecular formula is C19H22O4. The zero-order valence-electron chi connectivity index (χ0n) is 13.0. The van der Waals surface area contributed by atoms with E-state index in [2.05, 4.69) is 24.3 Å². The summed E-state index contributed by atoms with van der Waals surface area (Å²) in [7, 11) is 0. The highest BCUT2D eigenvalue weighted by molar-refractivity contribution is 5.90. The summed E-state index contributed by atoms with van der Waals surface area (Å²) < 4.78 is 0. The summed E-state index contributed by atoms with van der Waals surface area (Å²) in [6, 6.07) is 13.1. The Labute approximate surface area is 136 Å². The number of hydrogen-bond acceptors (Lipinski definition) is 3. The lowest BCUT2D eigenvalue weighted by molar-refractivity contribution is 0.0693. The fourth-order valence-electron chi connectivity index (χ4n) is 2.51. The molecule has 0 unspecified atom stereocenters. The second-order valence-corrected chi connectivity index (χ2v) is 5.65. The predicted molar refractivity (Wildman–Crippen MR) is 88.9 cm³/mol. The first-order valence-corrected chi connectivity index (χ1v) is 7.84. The number of unbranched alkanes of at least 4 members (excludes halogenated alkanes) is 1. The van der Waals surface area contributed by atoms with Gasteiger partial charge in [-0.2, -0.15) is 0 Å². The first kappa shape index (κ1) is 17.0. The van der Waals surface area contributed by atoms with Crippen LogP contribution in [0.5, 0.6) is 5.75 Å². The molecule has 0 aliphatic rings. The number of hydrogen-bond donors (Lipinski definition) is 3. The summed E-state index contributed by atoms with van der Waals surface area (Å²) in [6.07, 6.45) is 4.34. The van der Waals surface area contributed by atoms with Crippen LogP contribution >= 0.6 is 0 Å². The topological polar surface area (TPSA) is 77.8 Å². The summed E-state index contributed by atoms with van der Waals surface area (Å²) in [6.45, 7) is 0.239. The van der Waals surface area contributed by atoms with Gasteiger partial charge >= 0.3 is 5.97 Å². The maximum absolute atomic E-state index is 11.0. The lowest BCUT2D eigenvalue weighted by Gasteiger charge is -2.06. The molecule has 3 N–H and O–H groups in total. The summed E-state index contributed by atoms with van der Waals surface area (Å²) in [5.41, 5.74) is 3.30. The van der Waals surface area contributed by atoms with Crippen molar-refractivity contribution in [2.75, 3.05) is 6.61 Å². The van der Waals surface area contributed by atoms with E-state index in [-0.39, 0.29) is 17.9 Å². The normalized spacial score (nSPS) is 10.7. The van der Waals surface area contributed by atoms with Crippen LogP contribution in [0.25, 0.3) is 0 Å². The van der Waals surface area contributed by atoms with Crippen LogP contribution in [0.2, 0.25) is 0 Å². The smallest absolute Gasteiger partial charge is 0.339 e. The molecule has 0 spiro atoms. The molecule has 2 aromatic carbocycles. The number of rotatable bonds is 8. The van der Waals surface area contributed by atoms with E-state index in [1.165, 1.54) is 23.3 Å². The van der Waals surface area contributed by atoms with Gasteiger partial charge in [-0.05, 0) is 60.9 Å². The van der Waals surface area contributed by atoms with E-state index in [0.29, 0.717) is 0 Å². The Kier molecular flexibility index (Phi) is 6.18. The minimum Gasteiger partial charge on any atom is -0.507 e. The SMILES string of the molecule is O=C(O)c1cc(CCc2ccc(CCCCO)cc2)ccc1O. The van der Waals surface area contributed by atoms with Gasteiger partial charge in [-0.3, -0.25) is 0 Å². The molecule has 4 heteroatoms. The number of carboxylic acids is 1. The van der Waals surface area contributed by atoms with Gasteiger partial charge in [0.2, 0.25) is 0 Å². The Morgan fingerprint density at radius 3 is 2.00 bits per heavy atom. The van der Waals surface area contributed by atoms with Crippen LogP contribution in [0.3, 0.4) is 0 Å². The van der Waals surface area contributed by atoms with Gasteiger partial charge in [0.15, 0.2) is 0 Å². The lowest BCUT2D eigenvalue weighted by Crippen LogP contribution is -1.99. The Morgan fingerprint density at radius 2 is 1.39 bits per heavy atom. The van der Waals surface area contributed by atoms with Crippen molar-refractivity contribution in [1.29, 1.82) is 0 Å². The van der Waals surface area contributed by atoms with E-state index < -0.39 is 5.97 Å². The zero-order chi connectivity index (χ0) is 16.7. The van der Waals surface area contributed by atoms with Crippen LogP contribution in [0, 0.1) is 0 Å². The van der Waals surface area contributed by atoms with Gasteiger partial charge in [0.05, 0.1) is 0 Å². The third-order valence-corrected chi connectivity index (χ3v) is 3.89. The van der Waals surface area contributed by atoms with E-state index in [1.807, 2.05) is 0 Å². The van der Waals surface area contributed by atoms with Crippen molar-refractivity contribution in [3.63, 3.8) is 0 Å². The molecule has 4 nitrogen and oxygen atoms in total. The maximum atomic E-state index is 11.0. The molecule has 0 atom stereocenters. The largest absolute Gasteiger partial charge is 0.507 e. The molecule has 0 amide bonds. The highest BCUT2D eigenvalue weighted by Gasteiger charge is 2.10. The minimum absolute atomic E-state index is 0.0540. The van der Waals surface area contributed by atoms with Crippen molar-refractivity contribution < 1.29 is 20.1 Å². The fourth-order valence-corrected chi connectivity index (χ4v) is 2.51. The Balaban J connectivity index is 1.93. The molecule has 0 bridgehead atoms. The van der Waals surface area contributed by atoms with E-state index in [9.17, 15) is 9.90 Å². The second kappa shape index (κ2) is 8.34. The first-order valence-electron chi connectivity index (χ1n) is 7.84. The molecule has 0 radical (unpaired) electrons. The van der Waals surface area contributed by atoms with Crippen molar-refractivity contribution in [1.82, 2.24) is 0 Å². The third-order valence-electron chi connectivity index (χ3n) is 3.89. The zero-order valence-corrected chi connectivity index (χ0v) is 13.0. The van der Waals surface area contributed by atoms with Gasteiger partial charge in [0.1, 0.15) is 11.3 Å². The molecule has 0 saturated carbocycles. The van der Waals surface area contributed by atoms with E-state index in [4.69, 9.17) is 10.2 Å². The van der Waals surface area contributed by atoms with E-state index in [1.54, 1.807) is 6.07 Å². The molecular weight excluding hydrogens is 292 g/mol. The van der Waals surface area contributed by atoms with Crippen LogP contribution in [0.4, 0.5) is 0 Å². The number of carbonyl (C=O) groups is 1. The van der Waals surface area contributed by atoms with Crippen LogP contribution in [0.15, 0.2) is 42.5 Å². The Morgan fingerprint density at radius 1 is 0.826 bits per heavy atom. The van der Waals surface area contributed by atoms with Crippen molar-refractivity contribution >= 4 is 5.97 Å². The highest BCUT2D eigenvalue weighted by atomic mass is 16.4. The van der Waals surface area contributed by atoms with Crippen molar-refractivity contribution in [3.8, 4) is 5.75 Å². The van der Waals surface area contributed by atoms with Crippen molar-refractivity contribution in [3.05, 3.63) is 64.7 Å². The number of aryl methyl sites for hydroxylation is 3. The molecule has 0 saturated heterocycles. The summed E-state index contributed by atoms with van der Waals surface area (Å²) in [5.74, 6) is -1.31. The van der Waals surface area contributed by atoms with E-state index >= 15 is 0 Å². The average molecular weight is 314 g/mol. The number of benzene rings is 2. The minimum atomic E-state index is -1.11. The van der Waals surface area contributed by atoms with Gasteiger partial charge in [0, 0.05) is 6.61 Å². The molecule has 23 heavy (non-hydrogen) atoms. The van der Waals surface area contributed by atoms with Crippen LogP contribution in [-0.4, -0.2) is 27.9 Å². The van der Waals surface area contributed by atoms with Crippen LogP contribution in [0.1, 0.15) is 39.9 Å². The third kappa shape index (κ3) is 5.11. The molecule has 0 aromatic heterocycles. The quantitative estimate of drug-likeness (QED) is 0.654. The Bertz CT molecular complexity index is 647. The number of carboxylic acid groups (broad SMARTS) is 1. The number of aromatic carboxylic acids is 1. The standard InChI is InChI=1S/C19H22O4/c20-12-2-1-3-14-4-6-15(7-5-14)8-9-16-10-11-18(21)17(13-16)19(22)23/h4-7,10-11,13,20-21H,1-3,8-9,12H2,(H,22,23). The van der Waals surface area contributed by atoms with Gasteiger partial charge in [0.25, 0.3) is 0 Å². The molecule has 0 fully saturated rings.